The van der Waals surface area contributed by atoms with Gasteiger partial charge in [-0.2, -0.15) is 0 Å². The van der Waals surface area contributed by atoms with Crippen molar-refractivity contribution < 1.29 is 27.8 Å². The number of rotatable bonds is 8. The molecule has 0 saturated carbocycles. The molecule has 0 radical (unpaired) electrons. The Balaban J connectivity index is 2.76. The third-order valence-corrected chi connectivity index (χ3v) is 3.75. The van der Waals surface area contributed by atoms with Crippen LogP contribution in [-0.4, -0.2) is 39.3 Å². The highest BCUT2D eigenvalue weighted by molar-refractivity contribution is 8.13. The quantitative estimate of drug-likeness (QED) is 0.579. The molecule has 0 aliphatic rings. The molecule has 0 aromatic heterocycles. The van der Waals surface area contributed by atoms with Gasteiger partial charge in [-0.3, -0.25) is 0 Å². The highest BCUT2D eigenvalue weighted by Gasteiger charge is 2.17. The lowest BCUT2D eigenvalue weighted by molar-refractivity contribution is 0.0677. The van der Waals surface area contributed by atoms with Crippen LogP contribution in [0.1, 0.15) is 24.2 Å². The minimum absolute atomic E-state index is 0.0692. The number of halogens is 1. The van der Waals surface area contributed by atoms with Gasteiger partial charge in [0.05, 0.1) is 11.5 Å². The van der Waals surface area contributed by atoms with Crippen molar-refractivity contribution in [2.45, 2.75) is 18.7 Å². The van der Waals surface area contributed by atoms with E-state index in [2.05, 4.69) is 0 Å². The van der Waals surface area contributed by atoms with E-state index >= 15 is 0 Å². The summed E-state index contributed by atoms with van der Waals surface area (Å²) in [5.74, 6) is -0.831. The molecule has 1 N–H and O–H groups in total. The smallest absolute Gasteiger partial charge is 0.339 e. The maximum absolute atomic E-state index is 11.2. The van der Waals surface area contributed by atoms with Crippen molar-refractivity contribution in [3.63, 3.8) is 0 Å². The van der Waals surface area contributed by atoms with E-state index in [-0.39, 0.29) is 22.8 Å². The standard InChI is InChI=1S/C13H17ClO6S/c1-9(2)8-19-5-6-20-12-4-3-10(21(14,17)18)7-11(12)13(15)16/h3-4,7,9H,5-6,8H2,1-2H3,(H,15,16). The molecule has 0 aliphatic heterocycles. The van der Waals surface area contributed by atoms with Crippen molar-refractivity contribution in [1.29, 1.82) is 0 Å². The van der Waals surface area contributed by atoms with Gasteiger partial charge in [-0.05, 0) is 24.1 Å². The number of aromatic carboxylic acids is 1. The van der Waals surface area contributed by atoms with Crippen molar-refractivity contribution in [1.82, 2.24) is 0 Å². The van der Waals surface area contributed by atoms with Crippen LogP contribution in [0.2, 0.25) is 0 Å². The zero-order chi connectivity index (χ0) is 16.0. The SMILES string of the molecule is CC(C)COCCOc1ccc(S(=O)(=O)Cl)cc1C(=O)O. The molecule has 8 heteroatoms. The number of ether oxygens (including phenoxy) is 2. The summed E-state index contributed by atoms with van der Waals surface area (Å²) in [6.07, 6.45) is 0. The molecule has 0 amide bonds. The van der Waals surface area contributed by atoms with Gasteiger partial charge in [-0.15, -0.1) is 0 Å². The largest absolute Gasteiger partial charge is 0.490 e. The zero-order valence-corrected chi connectivity index (χ0v) is 13.3. The Kier molecular flexibility index (Phi) is 6.44. The summed E-state index contributed by atoms with van der Waals surface area (Å²) in [5, 5.41) is 9.08. The van der Waals surface area contributed by atoms with E-state index in [4.69, 9.17) is 25.3 Å². The minimum atomic E-state index is -3.99. The molecule has 0 aliphatic carbocycles. The number of hydrogen-bond donors (Lipinski definition) is 1. The fraction of sp³-hybridized carbons (Fsp3) is 0.462. The molecule has 118 valence electrons. The topological polar surface area (TPSA) is 89.9 Å². The van der Waals surface area contributed by atoms with E-state index in [9.17, 15) is 13.2 Å². The summed E-state index contributed by atoms with van der Waals surface area (Å²) >= 11 is 0. The van der Waals surface area contributed by atoms with Crippen LogP contribution in [0.3, 0.4) is 0 Å². The van der Waals surface area contributed by atoms with Crippen molar-refractivity contribution in [3.8, 4) is 5.75 Å². The first-order valence-corrected chi connectivity index (χ1v) is 8.55. The number of carbonyl (C=O) groups is 1. The van der Waals surface area contributed by atoms with Gasteiger partial charge in [0.2, 0.25) is 0 Å². The van der Waals surface area contributed by atoms with Crippen LogP contribution >= 0.6 is 10.7 Å². The molecule has 0 bridgehead atoms. The molecule has 0 fully saturated rings. The second kappa shape index (κ2) is 7.63. The van der Waals surface area contributed by atoms with Gasteiger partial charge in [0.1, 0.15) is 17.9 Å². The molecule has 1 aromatic carbocycles. The molecular formula is C13H17ClO6S. The van der Waals surface area contributed by atoms with E-state index in [0.717, 1.165) is 6.07 Å². The van der Waals surface area contributed by atoms with Crippen LogP contribution in [0, 0.1) is 5.92 Å². The Hall–Kier alpha value is -1.31. The monoisotopic (exact) mass is 336 g/mol. The normalized spacial score (nSPS) is 11.6. The Labute approximate surface area is 128 Å². The molecule has 21 heavy (non-hydrogen) atoms. The fourth-order valence-corrected chi connectivity index (χ4v) is 2.26. The third-order valence-electron chi connectivity index (χ3n) is 2.40. The van der Waals surface area contributed by atoms with E-state index in [1.807, 2.05) is 13.8 Å². The fourth-order valence-electron chi connectivity index (χ4n) is 1.48. The van der Waals surface area contributed by atoms with Crippen molar-refractivity contribution in [3.05, 3.63) is 23.8 Å². The average molecular weight is 337 g/mol. The van der Waals surface area contributed by atoms with E-state index < -0.39 is 15.0 Å². The van der Waals surface area contributed by atoms with Gasteiger partial charge >= 0.3 is 5.97 Å². The van der Waals surface area contributed by atoms with Gasteiger partial charge < -0.3 is 14.6 Å². The molecule has 0 heterocycles. The molecule has 0 spiro atoms. The lowest BCUT2D eigenvalue weighted by atomic mass is 10.2. The zero-order valence-electron chi connectivity index (χ0n) is 11.7. The number of carboxylic acid groups (broad SMARTS) is 1. The van der Waals surface area contributed by atoms with E-state index in [0.29, 0.717) is 19.1 Å². The summed E-state index contributed by atoms with van der Waals surface area (Å²) in [7, 11) is 1.20. The lowest BCUT2D eigenvalue weighted by Crippen LogP contribution is -2.12. The first-order valence-electron chi connectivity index (χ1n) is 6.24. The van der Waals surface area contributed by atoms with Crippen molar-refractivity contribution in [2.75, 3.05) is 19.8 Å². The Morgan fingerprint density at radius 3 is 2.52 bits per heavy atom. The average Bonchev–Trinajstić information content (AvgIpc) is 2.36. The van der Waals surface area contributed by atoms with E-state index in [1.54, 1.807) is 0 Å². The molecule has 0 saturated heterocycles. The van der Waals surface area contributed by atoms with Crippen LogP contribution in [-0.2, 0) is 13.8 Å². The first kappa shape index (κ1) is 17.7. The first-order chi connectivity index (χ1) is 9.71. The summed E-state index contributed by atoms with van der Waals surface area (Å²) < 4.78 is 33.0. The number of carboxylic acids is 1. The number of hydrogen-bond acceptors (Lipinski definition) is 5. The molecule has 1 aromatic rings. The summed E-state index contributed by atoms with van der Waals surface area (Å²) in [6, 6.07) is 3.43. The highest BCUT2D eigenvalue weighted by Crippen LogP contribution is 2.24. The Morgan fingerprint density at radius 2 is 2.00 bits per heavy atom. The maximum atomic E-state index is 11.2. The Morgan fingerprint density at radius 1 is 1.33 bits per heavy atom. The van der Waals surface area contributed by atoms with Crippen molar-refractivity contribution >= 4 is 25.7 Å². The lowest BCUT2D eigenvalue weighted by Gasteiger charge is -2.11. The molecule has 1 rings (SSSR count). The molecule has 0 unspecified atom stereocenters. The maximum Gasteiger partial charge on any atom is 0.339 e. The summed E-state index contributed by atoms with van der Waals surface area (Å²) in [6.45, 7) is 5.08. The second-order valence-electron chi connectivity index (χ2n) is 4.72. The summed E-state index contributed by atoms with van der Waals surface area (Å²) in [4.78, 5) is 10.8. The van der Waals surface area contributed by atoms with E-state index in [1.165, 1.54) is 12.1 Å². The van der Waals surface area contributed by atoms with Crippen LogP contribution in [0.25, 0.3) is 0 Å². The van der Waals surface area contributed by atoms with Crippen LogP contribution < -0.4 is 4.74 Å². The molecule has 6 nitrogen and oxygen atoms in total. The van der Waals surface area contributed by atoms with Gasteiger partial charge in [-0.25, -0.2) is 13.2 Å². The summed E-state index contributed by atoms with van der Waals surface area (Å²) in [5.41, 5.74) is -0.263. The van der Waals surface area contributed by atoms with Crippen LogP contribution in [0.5, 0.6) is 5.75 Å². The third kappa shape index (κ3) is 5.91. The Bertz CT molecular complexity index is 597. The minimum Gasteiger partial charge on any atom is -0.490 e. The molecular weight excluding hydrogens is 320 g/mol. The second-order valence-corrected chi connectivity index (χ2v) is 7.28. The number of benzene rings is 1. The predicted octanol–water partition coefficient (Wildman–Crippen LogP) is 2.36. The van der Waals surface area contributed by atoms with Crippen molar-refractivity contribution in [2.24, 2.45) is 5.92 Å². The van der Waals surface area contributed by atoms with Gasteiger partial charge in [0.15, 0.2) is 0 Å². The highest BCUT2D eigenvalue weighted by atomic mass is 35.7. The van der Waals surface area contributed by atoms with Gasteiger partial charge in [0.25, 0.3) is 9.05 Å². The molecule has 0 atom stereocenters. The van der Waals surface area contributed by atoms with Crippen LogP contribution in [0.15, 0.2) is 23.1 Å². The van der Waals surface area contributed by atoms with Crippen LogP contribution in [0.4, 0.5) is 0 Å². The predicted molar refractivity (Wildman–Crippen MR) is 77.6 cm³/mol. The van der Waals surface area contributed by atoms with Gasteiger partial charge in [0, 0.05) is 17.3 Å². The van der Waals surface area contributed by atoms with Gasteiger partial charge in [-0.1, -0.05) is 13.8 Å².